The lowest BCUT2D eigenvalue weighted by Gasteiger charge is -2.02. The van der Waals surface area contributed by atoms with Gasteiger partial charge in [0.2, 0.25) is 0 Å². The Labute approximate surface area is 132 Å². The fourth-order valence-corrected chi connectivity index (χ4v) is 2.22. The molecule has 2 heterocycles. The van der Waals surface area contributed by atoms with Crippen molar-refractivity contribution in [1.29, 1.82) is 0 Å². The topological polar surface area (TPSA) is 30.7 Å². The zero-order valence-corrected chi connectivity index (χ0v) is 12.5. The van der Waals surface area contributed by atoms with Crippen molar-refractivity contribution in [2.45, 2.75) is 6.92 Å². The van der Waals surface area contributed by atoms with Crippen LogP contribution in [0.1, 0.15) is 17.1 Å². The molecule has 0 aliphatic carbocycles. The fraction of sp³-hybridized carbons (Fsp3) is 0.0588. The average molecular weight is 312 g/mol. The van der Waals surface area contributed by atoms with Crippen LogP contribution in [0.2, 0.25) is 5.02 Å². The largest absolute Gasteiger partial charge is 0.301 e. The number of hydrogen-bond donors (Lipinski definition) is 0. The summed E-state index contributed by atoms with van der Waals surface area (Å²) < 4.78 is 15.0. The fourth-order valence-electron chi connectivity index (χ4n) is 2.03. The Morgan fingerprint density at radius 1 is 1.18 bits per heavy atom. The van der Waals surface area contributed by atoms with E-state index in [4.69, 9.17) is 11.6 Å². The molecule has 0 N–H and O–H groups in total. The summed E-state index contributed by atoms with van der Waals surface area (Å²) in [4.78, 5) is 8.20. The molecule has 2 aromatic heterocycles. The molecule has 0 radical (unpaired) electrons. The van der Waals surface area contributed by atoms with Crippen LogP contribution in [-0.4, -0.2) is 14.5 Å². The quantitative estimate of drug-likeness (QED) is 0.641. The molecule has 0 saturated carbocycles. The van der Waals surface area contributed by atoms with Gasteiger partial charge in [-0.3, -0.25) is 4.98 Å². The summed E-state index contributed by atoms with van der Waals surface area (Å²) in [7, 11) is 0. The summed E-state index contributed by atoms with van der Waals surface area (Å²) in [5, 5.41) is 0.638. The Morgan fingerprint density at radius 2 is 2.05 bits per heavy atom. The molecule has 0 aliphatic heterocycles. The number of nitrogens with zero attached hydrogens (tertiary/aromatic N) is 3. The summed E-state index contributed by atoms with van der Waals surface area (Å²) in [6.07, 6.45) is 4.49. The zero-order valence-electron chi connectivity index (χ0n) is 11.7. The first kappa shape index (κ1) is 14.3. The van der Waals surface area contributed by atoms with E-state index in [1.54, 1.807) is 29.1 Å². The van der Waals surface area contributed by atoms with Gasteiger partial charge >= 0.3 is 0 Å². The van der Waals surface area contributed by atoms with E-state index in [9.17, 15) is 4.39 Å². The van der Waals surface area contributed by atoms with Crippen LogP contribution in [-0.2, 0) is 0 Å². The standard InChI is InChI=1S/C17H11ClFN3/c1-12-21-16(6-5-13-3-2-4-14(18)7-13)11-22(12)17-8-15(19)9-20-10-17/h2-4,7-11H,1H3. The van der Waals surface area contributed by atoms with Crippen LogP contribution in [0.15, 0.2) is 48.9 Å². The minimum absolute atomic E-state index is 0.392. The highest BCUT2D eigenvalue weighted by atomic mass is 35.5. The second-order valence-electron chi connectivity index (χ2n) is 4.67. The van der Waals surface area contributed by atoms with Crippen LogP contribution in [0.4, 0.5) is 4.39 Å². The molecule has 108 valence electrons. The molecule has 5 heteroatoms. The van der Waals surface area contributed by atoms with E-state index < -0.39 is 5.82 Å². The molecule has 22 heavy (non-hydrogen) atoms. The highest BCUT2D eigenvalue weighted by Crippen LogP contribution is 2.13. The SMILES string of the molecule is Cc1nc(C#Cc2cccc(Cl)c2)cn1-c1cncc(F)c1. The molecule has 0 aliphatic rings. The highest BCUT2D eigenvalue weighted by Gasteiger charge is 2.05. The molecule has 3 rings (SSSR count). The predicted octanol–water partition coefficient (Wildman–Crippen LogP) is 3.77. The first-order valence-electron chi connectivity index (χ1n) is 6.56. The average Bonchev–Trinajstić information content (AvgIpc) is 2.86. The van der Waals surface area contributed by atoms with Crippen molar-refractivity contribution in [2.24, 2.45) is 0 Å². The summed E-state index contributed by atoms with van der Waals surface area (Å²) in [5.41, 5.74) is 2.02. The Morgan fingerprint density at radius 3 is 2.82 bits per heavy atom. The number of rotatable bonds is 1. The Hall–Kier alpha value is -2.64. The van der Waals surface area contributed by atoms with Crippen molar-refractivity contribution >= 4 is 11.6 Å². The van der Waals surface area contributed by atoms with E-state index in [2.05, 4.69) is 21.8 Å². The van der Waals surface area contributed by atoms with Gasteiger partial charge in [-0.2, -0.15) is 0 Å². The molecule has 3 aromatic rings. The van der Waals surface area contributed by atoms with Gasteiger partial charge in [-0.05, 0) is 31.0 Å². The van der Waals surface area contributed by atoms with Crippen LogP contribution < -0.4 is 0 Å². The number of aryl methyl sites for hydroxylation is 1. The summed E-state index contributed by atoms with van der Waals surface area (Å²) in [6, 6.07) is 8.70. The van der Waals surface area contributed by atoms with Gasteiger partial charge < -0.3 is 4.57 Å². The van der Waals surface area contributed by atoms with Gasteiger partial charge in [0.1, 0.15) is 17.3 Å². The first-order valence-corrected chi connectivity index (χ1v) is 6.94. The van der Waals surface area contributed by atoms with Gasteiger partial charge in [0.15, 0.2) is 0 Å². The van der Waals surface area contributed by atoms with Crippen molar-refractivity contribution in [3.63, 3.8) is 0 Å². The number of halogens is 2. The minimum atomic E-state index is -0.392. The number of imidazole rings is 1. The van der Waals surface area contributed by atoms with Crippen molar-refractivity contribution in [1.82, 2.24) is 14.5 Å². The van der Waals surface area contributed by atoms with Gasteiger partial charge in [-0.15, -0.1) is 0 Å². The van der Waals surface area contributed by atoms with Crippen molar-refractivity contribution in [2.75, 3.05) is 0 Å². The monoisotopic (exact) mass is 311 g/mol. The molecule has 0 fully saturated rings. The lowest BCUT2D eigenvalue weighted by Crippen LogP contribution is -1.96. The minimum Gasteiger partial charge on any atom is -0.301 e. The van der Waals surface area contributed by atoms with Crippen LogP contribution in [0, 0.1) is 24.6 Å². The molecule has 0 amide bonds. The maximum Gasteiger partial charge on any atom is 0.143 e. The third-order valence-electron chi connectivity index (χ3n) is 3.01. The van der Waals surface area contributed by atoms with Crippen LogP contribution in [0.5, 0.6) is 0 Å². The van der Waals surface area contributed by atoms with Gasteiger partial charge in [-0.25, -0.2) is 9.37 Å². The second-order valence-corrected chi connectivity index (χ2v) is 5.10. The summed E-state index contributed by atoms with van der Waals surface area (Å²) >= 11 is 5.92. The van der Waals surface area contributed by atoms with Crippen LogP contribution >= 0.6 is 11.6 Å². The van der Waals surface area contributed by atoms with Gasteiger partial charge in [0.05, 0.1) is 18.1 Å². The van der Waals surface area contributed by atoms with E-state index in [0.29, 0.717) is 22.2 Å². The predicted molar refractivity (Wildman–Crippen MR) is 83.5 cm³/mol. The Bertz CT molecular complexity index is 890. The zero-order chi connectivity index (χ0) is 15.5. The maximum atomic E-state index is 13.3. The molecular weight excluding hydrogens is 301 g/mol. The maximum absolute atomic E-state index is 13.3. The molecule has 0 spiro atoms. The van der Waals surface area contributed by atoms with Crippen molar-refractivity contribution in [3.8, 4) is 17.5 Å². The molecule has 0 unspecified atom stereocenters. The molecule has 0 saturated heterocycles. The Balaban J connectivity index is 1.93. The highest BCUT2D eigenvalue weighted by molar-refractivity contribution is 6.30. The van der Waals surface area contributed by atoms with E-state index in [1.165, 1.54) is 6.07 Å². The summed E-state index contributed by atoms with van der Waals surface area (Å²) in [6.45, 7) is 1.83. The normalized spacial score (nSPS) is 10.1. The smallest absolute Gasteiger partial charge is 0.143 e. The van der Waals surface area contributed by atoms with Crippen molar-refractivity contribution in [3.05, 3.63) is 76.8 Å². The van der Waals surface area contributed by atoms with E-state index >= 15 is 0 Å². The lowest BCUT2D eigenvalue weighted by molar-refractivity contribution is 0.619. The molecule has 0 bridgehead atoms. The van der Waals surface area contributed by atoms with Crippen LogP contribution in [0.3, 0.4) is 0 Å². The van der Waals surface area contributed by atoms with Crippen molar-refractivity contribution < 1.29 is 4.39 Å². The molecule has 3 nitrogen and oxygen atoms in total. The van der Waals surface area contributed by atoms with Crippen LogP contribution in [0.25, 0.3) is 5.69 Å². The molecular formula is C17H11ClFN3. The molecule has 0 atom stereocenters. The third kappa shape index (κ3) is 3.16. The van der Waals surface area contributed by atoms with Gasteiger partial charge in [0, 0.05) is 22.8 Å². The number of aromatic nitrogens is 3. The number of benzene rings is 1. The first-order chi connectivity index (χ1) is 10.6. The van der Waals surface area contributed by atoms with E-state index in [0.717, 1.165) is 11.8 Å². The Kier molecular flexibility index (Phi) is 3.90. The molecule has 1 aromatic carbocycles. The third-order valence-corrected chi connectivity index (χ3v) is 3.25. The summed E-state index contributed by atoms with van der Waals surface area (Å²) in [5.74, 6) is 6.30. The van der Waals surface area contributed by atoms with E-state index in [1.807, 2.05) is 19.1 Å². The lowest BCUT2D eigenvalue weighted by atomic mass is 10.2. The number of pyridine rings is 1. The second kappa shape index (κ2) is 6.00. The number of hydrogen-bond acceptors (Lipinski definition) is 2. The van der Waals surface area contributed by atoms with Gasteiger partial charge in [0.25, 0.3) is 0 Å². The van der Waals surface area contributed by atoms with E-state index in [-0.39, 0.29) is 0 Å². The van der Waals surface area contributed by atoms with Gasteiger partial charge in [-0.1, -0.05) is 23.6 Å².